The molecule has 1 aliphatic rings. The average Bonchev–Trinajstić information content (AvgIpc) is 3.16. The minimum Gasteiger partial charge on any atom is -0.324 e. The van der Waals surface area contributed by atoms with Crippen molar-refractivity contribution in [2.75, 3.05) is 18.4 Å². The van der Waals surface area contributed by atoms with Crippen molar-refractivity contribution in [2.24, 2.45) is 7.05 Å². The predicted octanol–water partition coefficient (Wildman–Crippen LogP) is 2.85. The van der Waals surface area contributed by atoms with Gasteiger partial charge in [0.1, 0.15) is 0 Å². The van der Waals surface area contributed by atoms with Crippen molar-refractivity contribution < 1.29 is 4.79 Å². The molecule has 0 spiro atoms. The van der Waals surface area contributed by atoms with Crippen molar-refractivity contribution in [2.45, 2.75) is 32.1 Å². The lowest BCUT2D eigenvalue weighted by Crippen LogP contribution is -2.42. The molecule has 6 nitrogen and oxygen atoms in total. The first-order valence-electron chi connectivity index (χ1n) is 7.65. The van der Waals surface area contributed by atoms with E-state index >= 15 is 0 Å². The van der Waals surface area contributed by atoms with Gasteiger partial charge in [-0.15, -0.1) is 11.3 Å². The molecule has 118 valence electrons. The maximum Gasteiger partial charge on any atom is 0.323 e. The number of rotatable bonds is 3. The fourth-order valence-electron chi connectivity index (χ4n) is 2.88. The van der Waals surface area contributed by atoms with Crippen LogP contribution in [-0.4, -0.2) is 38.8 Å². The zero-order valence-electron chi connectivity index (χ0n) is 13.0. The number of aromatic nitrogens is 3. The zero-order chi connectivity index (χ0) is 15.5. The van der Waals surface area contributed by atoms with Gasteiger partial charge in [-0.3, -0.25) is 10.00 Å². The van der Waals surface area contributed by atoms with Crippen LogP contribution >= 0.6 is 11.3 Å². The smallest absolute Gasteiger partial charge is 0.323 e. The molecule has 0 aromatic carbocycles. The summed E-state index contributed by atoms with van der Waals surface area (Å²) >= 11 is 1.48. The van der Waals surface area contributed by atoms with Crippen LogP contribution in [0.15, 0.2) is 17.6 Å². The maximum atomic E-state index is 12.4. The lowest BCUT2D eigenvalue weighted by molar-refractivity contribution is 0.191. The molecule has 1 atom stereocenters. The Kier molecular flexibility index (Phi) is 4.42. The van der Waals surface area contributed by atoms with Crippen LogP contribution in [0.3, 0.4) is 0 Å². The number of anilines is 1. The number of aryl methyl sites for hydroxylation is 2. The van der Waals surface area contributed by atoms with Gasteiger partial charge in [0.05, 0.1) is 5.69 Å². The number of amides is 2. The average molecular weight is 319 g/mol. The summed E-state index contributed by atoms with van der Waals surface area (Å²) < 4.78 is 1.90. The molecule has 0 aliphatic carbocycles. The van der Waals surface area contributed by atoms with Gasteiger partial charge in [0.2, 0.25) is 0 Å². The normalized spacial score (nSPS) is 18.5. The van der Waals surface area contributed by atoms with E-state index in [0.29, 0.717) is 11.0 Å². The molecule has 1 aliphatic heterocycles. The van der Waals surface area contributed by atoms with Crippen molar-refractivity contribution in [1.29, 1.82) is 0 Å². The molecule has 1 fully saturated rings. The summed E-state index contributed by atoms with van der Waals surface area (Å²) in [4.78, 5) is 18.7. The van der Waals surface area contributed by atoms with Gasteiger partial charge in [0.15, 0.2) is 5.13 Å². The molecule has 1 saturated heterocycles. The zero-order valence-corrected chi connectivity index (χ0v) is 13.8. The van der Waals surface area contributed by atoms with Crippen molar-refractivity contribution in [1.82, 2.24) is 19.7 Å². The summed E-state index contributed by atoms with van der Waals surface area (Å²) in [6.45, 7) is 3.59. The van der Waals surface area contributed by atoms with Crippen LogP contribution in [0.4, 0.5) is 9.93 Å². The molecule has 2 aromatic heterocycles. The minimum atomic E-state index is -0.0520. The van der Waals surface area contributed by atoms with Gasteiger partial charge in [-0.05, 0) is 25.3 Å². The number of carbonyl (C=O) groups is 1. The summed E-state index contributed by atoms with van der Waals surface area (Å²) in [5.41, 5.74) is 2.21. The first kappa shape index (κ1) is 15.0. The molecule has 0 bridgehead atoms. The number of hydrogen-bond acceptors (Lipinski definition) is 4. The van der Waals surface area contributed by atoms with Gasteiger partial charge in [0, 0.05) is 43.3 Å². The van der Waals surface area contributed by atoms with E-state index in [9.17, 15) is 4.79 Å². The predicted molar refractivity (Wildman–Crippen MR) is 87.3 cm³/mol. The van der Waals surface area contributed by atoms with E-state index in [0.717, 1.165) is 38.0 Å². The Balaban J connectivity index is 1.64. The van der Waals surface area contributed by atoms with Crippen LogP contribution < -0.4 is 5.32 Å². The lowest BCUT2D eigenvalue weighted by Gasteiger charge is -2.32. The van der Waals surface area contributed by atoms with Gasteiger partial charge < -0.3 is 4.90 Å². The standard InChI is InChI=1S/C15H21N5OS/c1-3-12-10-22-14(17-12)18-15(21)20-8-4-5-11(9-20)13-6-7-16-19(13)2/h6-7,10-11H,3-5,8-9H2,1-2H3,(H,17,18,21). The lowest BCUT2D eigenvalue weighted by atomic mass is 9.95. The second kappa shape index (κ2) is 6.48. The number of nitrogens with one attached hydrogen (secondary N) is 1. The minimum absolute atomic E-state index is 0.0520. The molecule has 22 heavy (non-hydrogen) atoms. The molecule has 1 unspecified atom stereocenters. The monoisotopic (exact) mass is 319 g/mol. The number of urea groups is 1. The second-order valence-corrected chi connectivity index (χ2v) is 6.45. The third-order valence-electron chi connectivity index (χ3n) is 4.11. The summed E-state index contributed by atoms with van der Waals surface area (Å²) in [5, 5.41) is 9.82. The highest BCUT2D eigenvalue weighted by Gasteiger charge is 2.26. The Morgan fingerprint density at radius 1 is 1.55 bits per heavy atom. The fraction of sp³-hybridized carbons (Fsp3) is 0.533. The van der Waals surface area contributed by atoms with E-state index in [1.165, 1.54) is 17.0 Å². The number of hydrogen-bond donors (Lipinski definition) is 1. The van der Waals surface area contributed by atoms with Crippen molar-refractivity contribution in [3.63, 3.8) is 0 Å². The third kappa shape index (κ3) is 3.14. The van der Waals surface area contributed by atoms with E-state index in [1.54, 1.807) is 0 Å². The molecule has 0 radical (unpaired) electrons. The first-order valence-corrected chi connectivity index (χ1v) is 8.53. The van der Waals surface area contributed by atoms with E-state index in [1.807, 2.05) is 34.3 Å². The third-order valence-corrected chi connectivity index (χ3v) is 4.92. The van der Waals surface area contributed by atoms with Crippen LogP contribution in [0.1, 0.15) is 37.1 Å². The van der Waals surface area contributed by atoms with Gasteiger partial charge >= 0.3 is 6.03 Å². The van der Waals surface area contributed by atoms with Crippen molar-refractivity contribution in [3.05, 3.63) is 29.0 Å². The molecule has 7 heteroatoms. The van der Waals surface area contributed by atoms with E-state index in [4.69, 9.17) is 0 Å². The Bertz CT molecular complexity index is 650. The van der Waals surface area contributed by atoms with Crippen LogP contribution in [-0.2, 0) is 13.5 Å². The summed E-state index contributed by atoms with van der Waals surface area (Å²) in [7, 11) is 1.95. The molecule has 3 rings (SSSR count). The van der Waals surface area contributed by atoms with Crippen molar-refractivity contribution >= 4 is 22.5 Å². The van der Waals surface area contributed by atoms with Gasteiger partial charge in [-0.25, -0.2) is 9.78 Å². The van der Waals surface area contributed by atoms with Gasteiger partial charge in [0.25, 0.3) is 0 Å². The van der Waals surface area contributed by atoms with Crippen LogP contribution in [0.5, 0.6) is 0 Å². The number of nitrogens with zero attached hydrogens (tertiary/aromatic N) is 4. The molecule has 3 heterocycles. The Hall–Kier alpha value is -1.89. The van der Waals surface area contributed by atoms with E-state index < -0.39 is 0 Å². The number of likely N-dealkylation sites (tertiary alicyclic amines) is 1. The molecular formula is C15H21N5OS. The largest absolute Gasteiger partial charge is 0.324 e. The van der Waals surface area contributed by atoms with Crippen molar-refractivity contribution in [3.8, 4) is 0 Å². The SMILES string of the molecule is CCc1csc(NC(=O)N2CCCC(c3ccnn3C)C2)n1. The van der Waals surface area contributed by atoms with Gasteiger partial charge in [-0.2, -0.15) is 5.10 Å². The maximum absolute atomic E-state index is 12.4. The summed E-state index contributed by atoms with van der Waals surface area (Å²) in [6, 6.07) is 1.99. The molecule has 1 N–H and O–H groups in total. The summed E-state index contributed by atoms with van der Waals surface area (Å²) in [5.74, 6) is 0.356. The fourth-order valence-corrected chi connectivity index (χ4v) is 3.67. The molecular weight excluding hydrogens is 298 g/mol. The first-order chi connectivity index (χ1) is 10.7. The Labute approximate surface area is 134 Å². The quantitative estimate of drug-likeness (QED) is 0.946. The number of carbonyl (C=O) groups excluding carboxylic acids is 1. The molecule has 2 amide bonds. The molecule has 0 saturated carbocycles. The number of thiazole rings is 1. The summed E-state index contributed by atoms with van der Waals surface area (Å²) in [6.07, 6.45) is 4.82. The topological polar surface area (TPSA) is 63.1 Å². The second-order valence-electron chi connectivity index (χ2n) is 5.59. The molecule has 2 aromatic rings. The highest BCUT2D eigenvalue weighted by molar-refractivity contribution is 7.13. The van der Waals surface area contributed by atoms with E-state index in [-0.39, 0.29) is 6.03 Å². The Morgan fingerprint density at radius 3 is 3.09 bits per heavy atom. The van der Waals surface area contributed by atoms with Gasteiger partial charge in [-0.1, -0.05) is 6.92 Å². The van der Waals surface area contributed by atoms with E-state index in [2.05, 4.69) is 22.3 Å². The van der Waals surface area contributed by atoms with Crippen LogP contribution in [0.2, 0.25) is 0 Å². The van der Waals surface area contributed by atoms with Crippen LogP contribution in [0, 0.1) is 0 Å². The van der Waals surface area contributed by atoms with Crippen LogP contribution in [0.25, 0.3) is 0 Å². The number of piperidine rings is 1. The Morgan fingerprint density at radius 2 is 2.41 bits per heavy atom. The highest BCUT2D eigenvalue weighted by atomic mass is 32.1. The highest BCUT2D eigenvalue weighted by Crippen LogP contribution is 2.27.